The third-order valence-electron chi connectivity index (χ3n) is 8.99. The number of carbonyl (C=O) groups is 6. The smallest absolute Gasteiger partial charge is 0.328 e. The van der Waals surface area contributed by atoms with Crippen LogP contribution in [0.25, 0.3) is 0 Å². The molecule has 1 aromatic carbocycles. The van der Waals surface area contributed by atoms with E-state index in [0.717, 1.165) is 5.56 Å². The van der Waals surface area contributed by atoms with Gasteiger partial charge in [-0.2, -0.15) is 0 Å². The monoisotopic (exact) mass is 730 g/mol. The summed E-state index contributed by atoms with van der Waals surface area (Å²) in [5.74, 6) is -3.36. The first kappa shape index (κ1) is 46.0. The van der Waals surface area contributed by atoms with Gasteiger partial charge in [-0.05, 0) is 48.0 Å². The normalized spacial score (nSPS) is 15.5. The van der Waals surface area contributed by atoms with Crippen LogP contribution >= 0.6 is 0 Å². The fraction of sp³-hybridized carbons (Fsp3) is 0.692. The molecule has 0 radical (unpaired) electrons. The van der Waals surface area contributed by atoms with Gasteiger partial charge in [0.05, 0.1) is 7.11 Å². The fourth-order valence-electron chi connectivity index (χ4n) is 5.72. The molecule has 294 valence electrons. The zero-order valence-electron chi connectivity index (χ0n) is 33.2. The molecule has 1 rings (SSSR count). The van der Waals surface area contributed by atoms with E-state index in [-0.39, 0.29) is 48.3 Å². The van der Waals surface area contributed by atoms with Gasteiger partial charge in [-0.3, -0.25) is 24.0 Å². The van der Waals surface area contributed by atoms with Crippen LogP contribution in [0.1, 0.15) is 100 Å². The van der Waals surface area contributed by atoms with Crippen LogP contribution in [0.5, 0.6) is 0 Å². The SMILES string of the molecule is CC[C@H](C)[C@H](NC(=O)C[C@H](N)[C@H](Cc1ccccc1)NC(=O)C(NC(=O)[C@H](CC(C)C)NC(=O)CC(C)C)C(C)C)C(=O)NC(C(=O)OC)C(C)C. The lowest BCUT2D eigenvalue weighted by atomic mass is 9.94. The van der Waals surface area contributed by atoms with Crippen LogP contribution in [-0.4, -0.2) is 78.9 Å². The molecule has 0 aliphatic heterocycles. The summed E-state index contributed by atoms with van der Waals surface area (Å²) in [7, 11) is 1.25. The molecule has 13 nitrogen and oxygen atoms in total. The summed E-state index contributed by atoms with van der Waals surface area (Å²) < 4.78 is 4.86. The highest BCUT2D eigenvalue weighted by Crippen LogP contribution is 2.14. The standard InChI is InChI=1S/C39H66N6O7/c1-12-26(10)35(38(50)45-34(25(8)9)39(51)52-11)43-32(47)21-28(40)29(20-27-16-14-13-15-17-27)42-37(49)33(24(6)7)44-36(48)30(18-22(2)3)41-31(46)19-23(4)5/h13-17,22-26,28-30,33-35H,12,18-21,40H2,1-11H3,(H,41,46)(H,42,49)(H,43,47)(H,44,48)(H,45,50)/t26-,28-,29-,30-,33?,34?,35-/m0/s1. The highest BCUT2D eigenvalue weighted by molar-refractivity contribution is 5.93. The van der Waals surface area contributed by atoms with E-state index in [2.05, 4.69) is 26.6 Å². The zero-order valence-corrected chi connectivity index (χ0v) is 33.2. The van der Waals surface area contributed by atoms with Gasteiger partial charge < -0.3 is 37.1 Å². The lowest BCUT2D eigenvalue weighted by molar-refractivity contribution is -0.147. The van der Waals surface area contributed by atoms with Gasteiger partial charge in [-0.25, -0.2) is 4.79 Å². The minimum atomic E-state index is -0.953. The Morgan fingerprint density at radius 3 is 1.69 bits per heavy atom. The molecule has 0 saturated heterocycles. The van der Waals surface area contributed by atoms with Crippen molar-refractivity contribution in [3.05, 3.63) is 35.9 Å². The van der Waals surface area contributed by atoms with Crippen LogP contribution in [0.15, 0.2) is 30.3 Å². The first-order valence-electron chi connectivity index (χ1n) is 18.7. The maximum absolute atomic E-state index is 13.9. The number of nitrogens with one attached hydrogen (secondary N) is 5. The van der Waals surface area contributed by atoms with Crippen molar-refractivity contribution in [1.29, 1.82) is 0 Å². The molecule has 0 saturated carbocycles. The third-order valence-corrected chi connectivity index (χ3v) is 8.99. The Balaban J connectivity index is 3.25. The van der Waals surface area contributed by atoms with Gasteiger partial charge >= 0.3 is 5.97 Å². The summed E-state index contributed by atoms with van der Waals surface area (Å²) in [6.45, 7) is 18.7. The fourth-order valence-corrected chi connectivity index (χ4v) is 5.72. The van der Waals surface area contributed by atoms with Crippen molar-refractivity contribution >= 4 is 35.5 Å². The second-order valence-electron chi connectivity index (χ2n) is 15.4. The topological polar surface area (TPSA) is 198 Å². The van der Waals surface area contributed by atoms with Crippen LogP contribution in [0.4, 0.5) is 0 Å². The van der Waals surface area contributed by atoms with Crippen LogP contribution in [0.2, 0.25) is 0 Å². The summed E-state index contributed by atoms with van der Waals surface area (Å²) in [5.41, 5.74) is 7.53. The minimum Gasteiger partial charge on any atom is -0.467 e. The first-order chi connectivity index (χ1) is 24.3. The summed E-state index contributed by atoms with van der Waals surface area (Å²) in [6, 6.07) is 4.16. The lowest BCUT2D eigenvalue weighted by Gasteiger charge is -2.31. The molecule has 2 unspecified atom stereocenters. The van der Waals surface area contributed by atoms with Gasteiger partial charge in [-0.1, -0.05) is 106 Å². The van der Waals surface area contributed by atoms with Gasteiger partial charge in [-0.15, -0.1) is 0 Å². The number of carbonyl (C=O) groups excluding carboxylic acids is 6. The van der Waals surface area contributed by atoms with Crippen molar-refractivity contribution in [2.24, 2.45) is 35.3 Å². The van der Waals surface area contributed by atoms with Crippen molar-refractivity contribution in [2.45, 2.75) is 138 Å². The lowest BCUT2D eigenvalue weighted by Crippen LogP contribution is -2.60. The average Bonchev–Trinajstić information content (AvgIpc) is 3.06. The summed E-state index contributed by atoms with van der Waals surface area (Å²) >= 11 is 0. The van der Waals surface area contributed by atoms with Gasteiger partial charge in [0.1, 0.15) is 24.2 Å². The number of hydrogen-bond donors (Lipinski definition) is 6. The molecule has 7 N–H and O–H groups in total. The molecular weight excluding hydrogens is 664 g/mol. The molecule has 0 spiro atoms. The van der Waals surface area contributed by atoms with Gasteiger partial charge in [0.25, 0.3) is 0 Å². The number of ether oxygens (including phenoxy) is 1. The molecule has 5 amide bonds. The minimum absolute atomic E-state index is 0.108. The number of amides is 5. The van der Waals surface area contributed by atoms with Crippen molar-refractivity contribution in [3.8, 4) is 0 Å². The van der Waals surface area contributed by atoms with Crippen molar-refractivity contribution in [1.82, 2.24) is 26.6 Å². The summed E-state index contributed by atoms with van der Waals surface area (Å²) in [6.07, 6.45) is 1.32. The molecule has 0 fully saturated rings. The first-order valence-corrected chi connectivity index (χ1v) is 18.7. The van der Waals surface area contributed by atoms with Gasteiger partial charge in [0.15, 0.2) is 0 Å². The van der Waals surface area contributed by atoms with E-state index in [4.69, 9.17) is 10.5 Å². The highest BCUT2D eigenvalue weighted by atomic mass is 16.5. The number of esters is 1. The number of hydrogen-bond acceptors (Lipinski definition) is 8. The maximum Gasteiger partial charge on any atom is 0.328 e. The predicted octanol–water partition coefficient (Wildman–Crippen LogP) is 2.99. The molecule has 0 aliphatic carbocycles. The Bertz CT molecular complexity index is 1300. The third kappa shape index (κ3) is 16.1. The Morgan fingerprint density at radius 1 is 0.654 bits per heavy atom. The van der Waals surface area contributed by atoms with E-state index in [0.29, 0.717) is 19.3 Å². The highest BCUT2D eigenvalue weighted by Gasteiger charge is 2.34. The number of nitrogens with two attached hydrogens (primary N) is 1. The zero-order chi connectivity index (χ0) is 39.7. The number of benzene rings is 1. The predicted molar refractivity (Wildman–Crippen MR) is 202 cm³/mol. The second-order valence-corrected chi connectivity index (χ2v) is 15.4. The molecule has 0 heterocycles. The van der Waals surface area contributed by atoms with Crippen LogP contribution in [0, 0.1) is 29.6 Å². The van der Waals surface area contributed by atoms with E-state index in [1.807, 2.05) is 85.7 Å². The Hall–Kier alpha value is -4.00. The Morgan fingerprint density at radius 2 is 1.19 bits per heavy atom. The van der Waals surface area contributed by atoms with Gasteiger partial charge in [0.2, 0.25) is 29.5 Å². The van der Waals surface area contributed by atoms with Crippen LogP contribution in [-0.2, 0) is 39.9 Å². The van der Waals surface area contributed by atoms with E-state index < -0.39 is 65.8 Å². The quantitative estimate of drug-likeness (QED) is 0.0979. The molecule has 7 atom stereocenters. The second kappa shape index (κ2) is 22.8. The average molecular weight is 731 g/mol. The number of methoxy groups -OCH3 is 1. The van der Waals surface area contributed by atoms with E-state index in [1.165, 1.54) is 7.11 Å². The van der Waals surface area contributed by atoms with Gasteiger partial charge in [0, 0.05) is 24.9 Å². The van der Waals surface area contributed by atoms with Crippen molar-refractivity contribution < 1.29 is 33.5 Å². The molecule has 52 heavy (non-hydrogen) atoms. The van der Waals surface area contributed by atoms with Crippen LogP contribution in [0.3, 0.4) is 0 Å². The van der Waals surface area contributed by atoms with E-state index >= 15 is 0 Å². The van der Waals surface area contributed by atoms with E-state index in [1.54, 1.807) is 13.8 Å². The van der Waals surface area contributed by atoms with Crippen molar-refractivity contribution in [3.63, 3.8) is 0 Å². The largest absolute Gasteiger partial charge is 0.467 e. The maximum atomic E-state index is 13.9. The molecule has 0 aromatic heterocycles. The Labute approximate surface area is 311 Å². The summed E-state index contributed by atoms with van der Waals surface area (Å²) in [4.78, 5) is 79.2. The molecule has 13 heteroatoms. The number of rotatable bonds is 22. The van der Waals surface area contributed by atoms with Crippen LogP contribution < -0.4 is 32.3 Å². The molecule has 1 aromatic rings. The molecular formula is C39H66N6O7. The van der Waals surface area contributed by atoms with E-state index in [9.17, 15) is 28.8 Å². The van der Waals surface area contributed by atoms with Crippen molar-refractivity contribution in [2.75, 3.05) is 7.11 Å². The molecule has 0 aliphatic rings. The Kier molecular flexibility index (Phi) is 20.2. The summed E-state index contributed by atoms with van der Waals surface area (Å²) in [5, 5.41) is 14.2. The molecule has 0 bridgehead atoms.